The fraction of sp³-hybridized carbons (Fsp3) is 0.389. The van der Waals surface area contributed by atoms with Gasteiger partial charge in [-0.05, 0) is 17.7 Å². The van der Waals surface area contributed by atoms with Crippen molar-refractivity contribution in [3.8, 4) is 5.75 Å². The summed E-state index contributed by atoms with van der Waals surface area (Å²) in [5, 5.41) is 30.3. The van der Waals surface area contributed by atoms with Crippen molar-refractivity contribution >= 4 is 28.9 Å². The molecule has 0 bridgehead atoms. The molecule has 0 amide bonds. The summed E-state index contributed by atoms with van der Waals surface area (Å²) in [6, 6.07) is 4.23. The quantitative estimate of drug-likeness (QED) is 0.314. The van der Waals surface area contributed by atoms with Gasteiger partial charge in [-0.15, -0.1) is 0 Å². The second kappa shape index (κ2) is 8.43. The Labute approximate surface area is 178 Å². The minimum absolute atomic E-state index is 0.0374. The molecule has 1 fully saturated rings. The molecule has 1 aromatic carbocycles. The standard InChI is InChI=1S/C18H20FN5O6S/c1-29-9-3-7(2-8(19)4-9)6-31-18-21-11-14(22-17(20)23-15(11)28)24(18)16-13(27)12(26)10(5-25)30-16/h2-4,10,12-13,16,25-27H,5-6H2,1H3,(H3,20,22,23,28)/t10-,12-,13-,16-/m1/s1. The van der Waals surface area contributed by atoms with Gasteiger partial charge in [0.15, 0.2) is 22.5 Å². The summed E-state index contributed by atoms with van der Waals surface area (Å²) in [4.78, 5) is 23.1. The van der Waals surface area contributed by atoms with E-state index in [1.165, 1.54) is 23.8 Å². The normalized spacial score (nSPS) is 23.5. The van der Waals surface area contributed by atoms with Gasteiger partial charge in [0.05, 0.1) is 13.7 Å². The molecule has 1 aliphatic heterocycles. The number of thioether (sulfide) groups is 1. The highest BCUT2D eigenvalue weighted by Crippen LogP contribution is 2.36. The first kappa shape index (κ1) is 21.5. The van der Waals surface area contributed by atoms with Crippen LogP contribution in [0, 0.1) is 5.82 Å². The monoisotopic (exact) mass is 453 g/mol. The number of fused-ring (bicyclic) bond motifs is 1. The molecule has 1 aliphatic rings. The maximum absolute atomic E-state index is 13.8. The predicted molar refractivity (Wildman–Crippen MR) is 108 cm³/mol. The van der Waals surface area contributed by atoms with Crippen LogP contribution in [0.3, 0.4) is 0 Å². The number of aliphatic hydroxyl groups is 3. The van der Waals surface area contributed by atoms with E-state index in [1.54, 1.807) is 6.07 Å². The summed E-state index contributed by atoms with van der Waals surface area (Å²) in [6.45, 7) is -0.525. The number of nitrogens with two attached hydrogens (primary N) is 1. The number of aromatic amines is 1. The number of ether oxygens (including phenoxy) is 2. The van der Waals surface area contributed by atoms with Crippen molar-refractivity contribution in [2.75, 3.05) is 19.5 Å². The van der Waals surface area contributed by atoms with Crippen LogP contribution in [-0.4, -0.2) is 66.9 Å². The molecule has 4 atom stereocenters. The molecular formula is C18H20FN5O6S. The van der Waals surface area contributed by atoms with Crippen LogP contribution >= 0.6 is 11.8 Å². The molecule has 6 N–H and O–H groups in total. The van der Waals surface area contributed by atoms with Crippen molar-refractivity contribution in [1.82, 2.24) is 19.5 Å². The van der Waals surface area contributed by atoms with Gasteiger partial charge in [-0.3, -0.25) is 14.3 Å². The molecular weight excluding hydrogens is 433 g/mol. The van der Waals surface area contributed by atoms with Crippen molar-refractivity contribution in [1.29, 1.82) is 0 Å². The van der Waals surface area contributed by atoms with Gasteiger partial charge in [0, 0.05) is 11.8 Å². The number of halogens is 1. The number of anilines is 1. The van der Waals surface area contributed by atoms with Crippen LogP contribution in [0.15, 0.2) is 28.2 Å². The van der Waals surface area contributed by atoms with Gasteiger partial charge >= 0.3 is 0 Å². The molecule has 1 saturated heterocycles. The molecule has 2 aromatic heterocycles. The summed E-state index contributed by atoms with van der Waals surface area (Å²) >= 11 is 1.13. The Morgan fingerprint density at radius 3 is 2.77 bits per heavy atom. The molecule has 13 heteroatoms. The first-order chi connectivity index (χ1) is 14.8. The number of benzene rings is 1. The van der Waals surface area contributed by atoms with Gasteiger partial charge in [0.1, 0.15) is 29.9 Å². The Balaban J connectivity index is 1.76. The van der Waals surface area contributed by atoms with Gasteiger partial charge in [0.2, 0.25) is 5.95 Å². The number of nitrogens with one attached hydrogen (secondary N) is 1. The van der Waals surface area contributed by atoms with Crippen LogP contribution in [0.5, 0.6) is 5.75 Å². The van der Waals surface area contributed by atoms with E-state index in [9.17, 15) is 24.5 Å². The Morgan fingerprint density at radius 2 is 2.10 bits per heavy atom. The van der Waals surface area contributed by atoms with Crippen molar-refractivity contribution in [2.45, 2.75) is 35.4 Å². The molecule has 11 nitrogen and oxygen atoms in total. The van der Waals surface area contributed by atoms with Gasteiger partial charge in [-0.2, -0.15) is 4.98 Å². The third-order valence-corrected chi connectivity index (χ3v) is 5.87. The van der Waals surface area contributed by atoms with Crippen molar-refractivity contribution < 1.29 is 29.2 Å². The van der Waals surface area contributed by atoms with E-state index in [0.717, 1.165) is 11.8 Å². The Bertz CT molecular complexity index is 1170. The van der Waals surface area contributed by atoms with E-state index in [4.69, 9.17) is 15.2 Å². The second-order valence-corrected chi connectivity index (χ2v) is 7.85. The summed E-state index contributed by atoms with van der Waals surface area (Å²) in [6.07, 6.45) is -5.01. The second-order valence-electron chi connectivity index (χ2n) is 6.90. The lowest BCUT2D eigenvalue weighted by molar-refractivity contribution is -0.0548. The number of imidazole rings is 1. The van der Waals surface area contributed by atoms with Crippen molar-refractivity contribution in [2.24, 2.45) is 0 Å². The lowest BCUT2D eigenvalue weighted by Crippen LogP contribution is -2.33. The third-order valence-electron chi connectivity index (χ3n) is 4.84. The SMILES string of the molecule is COc1cc(F)cc(CSc2nc3c(=O)[nH]c(N)nc3n2[C@@H]2O[C@H](CO)[C@@H](O)[C@H]2O)c1. The van der Waals surface area contributed by atoms with Crippen LogP contribution in [0.1, 0.15) is 11.8 Å². The third kappa shape index (κ3) is 3.97. The zero-order valence-corrected chi connectivity index (χ0v) is 17.0. The molecule has 0 aliphatic carbocycles. The maximum Gasteiger partial charge on any atom is 0.280 e. The van der Waals surface area contributed by atoms with Crippen LogP contribution in [0.25, 0.3) is 11.2 Å². The molecule has 0 spiro atoms. The largest absolute Gasteiger partial charge is 0.497 e. The Kier molecular flexibility index (Phi) is 5.85. The molecule has 31 heavy (non-hydrogen) atoms. The van der Waals surface area contributed by atoms with Crippen LogP contribution in [-0.2, 0) is 10.5 Å². The van der Waals surface area contributed by atoms with E-state index in [2.05, 4.69) is 15.0 Å². The van der Waals surface area contributed by atoms with E-state index in [-0.39, 0.29) is 28.0 Å². The van der Waals surface area contributed by atoms with Crippen molar-refractivity contribution in [3.05, 3.63) is 39.9 Å². The molecule has 3 heterocycles. The van der Waals surface area contributed by atoms with E-state index < -0.39 is 42.5 Å². The molecule has 0 unspecified atom stereocenters. The highest BCUT2D eigenvalue weighted by molar-refractivity contribution is 7.98. The zero-order chi connectivity index (χ0) is 22.3. The number of aromatic nitrogens is 4. The van der Waals surface area contributed by atoms with E-state index in [0.29, 0.717) is 11.3 Å². The average Bonchev–Trinajstić information content (AvgIpc) is 3.23. The Hall–Kier alpha value is -2.71. The average molecular weight is 453 g/mol. The smallest absolute Gasteiger partial charge is 0.280 e. The number of aliphatic hydroxyl groups excluding tert-OH is 3. The number of H-pyrrole nitrogens is 1. The first-order valence-electron chi connectivity index (χ1n) is 9.18. The molecule has 4 rings (SSSR count). The lowest BCUT2D eigenvalue weighted by Gasteiger charge is -2.19. The number of nitrogen functional groups attached to an aromatic ring is 1. The summed E-state index contributed by atoms with van der Waals surface area (Å²) < 4.78 is 25.8. The molecule has 0 saturated carbocycles. The summed E-state index contributed by atoms with van der Waals surface area (Å²) in [5.41, 5.74) is 5.65. The topological polar surface area (TPSA) is 169 Å². The minimum Gasteiger partial charge on any atom is -0.497 e. The van der Waals surface area contributed by atoms with Crippen molar-refractivity contribution in [3.63, 3.8) is 0 Å². The van der Waals surface area contributed by atoms with Crippen LogP contribution in [0.4, 0.5) is 10.3 Å². The van der Waals surface area contributed by atoms with Gasteiger partial charge < -0.3 is 30.5 Å². The van der Waals surface area contributed by atoms with Gasteiger partial charge in [-0.25, -0.2) is 9.37 Å². The fourth-order valence-corrected chi connectivity index (χ4v) is 4.32. The number of rotatable bonds is 6. The van der Waals surface area contributed by atoms with Gasteiger partial charge in [0.25, 0.3) is 5.56 Å². The van der Waals surface area contributed by atoms with Crippen LogP contribution < -0.4 is 16.0 Å². The highest BCUT2D eigenvalue weighted by Gasteiger charge is 2.45. The maximum atomic E-state index is 13.8. The number of methoxy groups -OCH3 is 1. The number of hydrogen-bond donors (Lipinski definition) is 5. The van der Waals surface area contributed by atoms with Crippen LogP contribution in [0.2, 0.25) is 0 Å². The fourth-order valence-electron chi connectivity index (χ4n) is 3.38. The first-order valence-corrected chi connectivity index (χ1v) is 10.2. The van der Waals surface area contributed by atoms with E-state index >= 15 is 0 Å². The summed E-state index contributed by atoms with van der Waals surface area (Å²) in [5.74, 6) is -0.0624. The highest BCUT2D eigenvalue weighted by atomic mass is 32.2. The lowest BCUT2D eigenvalue weighted by atomic mass is 10.1. The zero-order valence-electron chi connectivity index (χ0n) is 16.2. The number of nitrogens with zero attached hydrogens (tertiary/aromatic N) is 3. The predicted octanol–water partition coefficient (Wildman–Crippen LogP) is -0.247. The Morgan fingerprint density at radius 1 is 1.32 bits per heavy atom. The molecule has 3 aromatic rings. The summed E-state index contributed by atoms with van der Waals surface area (Å²) in [7, 11) is 1.43. The molecule has 166 valence electrons. The molecule has 0 radical (unpaired) electrons. The minimum atomic E-state index is -1.43. The van der Waals surface area contributed by atoms with Gasteiger partial charge in [-0.1, -0.05) is 11.8 Å². The van der Waals surface area contributed by atoms with E-state index in [1.807, 2.05) is 0 Å². The number of hydrogen-bond acceptors (Lipinski definition) is 10.